The van der Waals surface area contributed by atoms with Crippen molar-refractivity contribution in [2.75, 3.05) is 11.4 Å². The highest BCUT2D eigenvalue weighted by Crippen LogP contribution is 2.21. The summed E-state index contributed by atoms with van der Waals surface area (Å²) in [5.41, 5.74) is 0.945. The Morgan fingerprint density at radius 3 is 2.44 bits per heavy atom. The average molecular weight is 243 g/mol. The highest BCUT2D eigenvalue weighted by atomic mass is 16.4. The number of carboxylic acid groups (broad SMARTS) is 1. The summed E-state index contributed by atoms with van der Waals surface area (Å²) in [4.78, 5) is 20.7. The first-order valence-electron chi connectivity index (χ1n) is 5.60. The first-order valence-corrected chi connectivity index (χ1v) is 5.60. The molecular formula is C13H13N3O2. The standard InChI is InChI=1S/C13H13N3O2/c1-2-16(10-6-4-3-5-7-10)12-9-14-11(8-15-12)13(17)18/h3-9H,2H2,1H3,(H,17,18). The van der Waals surface area contributed by atoms with Gasteiger partial charge in [0.2, 0.25) is 0 Å². The summed E-state index contributed by atoms with van der Waals surface area (Å²) in [6, 6.07) is 9.76. The number of carboxylic acids is 1. The zero-order valence-corrected chi connectivity index (χ0v) is 9.95. The lowest BCUT2D eigenvalue weighted by Crippen LogP contribution is -2.18. The summed E-state index contributed by atoms with van der Waals surface area (Å²) in [6.45, 7) is 2.73. The van der Waals surface area contributed by atoms with Crippen molar-refractivity contribution in [3.05, 3.63) is 48.4 Å². The van der Waals surface area contributed by atoms with E-state index in [1.165, 1.54) is 12.4 Å². The van der Waals surface area contributed by atoms with Gasteiger partial charge in [-0.1, -0.05) is 18.2 Å². The molecule has 0 saturated heterocycles. The third-order valence-electron chi connectivity index (χ3n) is 2.52. The minimum absolute atomic E-state index is 0.0529. The maximum Gasteiger partial charge on any atom is 0.356 e. The summed E-state index contributed by atoms with van der Waals surface area (Å²) in [7, 11) is 0. The largest absolute Gasteiger partial charge is 0.476 e. The van der Waals surface area contributed by atoms with Gasteiger partial charge >= 0.3 is 5.97 Å². The molecule has 0 unspecified atom stereocenters. The molecule has 0 aliphatic carbocycles. The second-order valence-corrected chi connectivity index (χ2v) is 3.64. The van der Waals surface area contributed by atoms with Crippen LogP contribution in [-0.4, -0.2) is 27.6 Å². The molecule has 1 N–H and O–H groups in total. The molecule has 0 bridgehead atoms. The first kappa shape index (κ1) is 12.0. The first-order chi connectivity index (χ1) is 8.72. The summed E-state index contributed by atoms with van der Waals surface area (Å²) in [5, 5.41) is 8.77. The van der Waals surface area contributed by atoms with Gasteiger partial charge in [0.1, 0.15) is 0 Å². The topological polar surface area (TPSA) is 66.3 Å². The Kier molecular flexibility index (Phi) is 3.52. The van der Waals surface area contributed by atoms with Gasteiger partial charge in [-0.25, -0.2) is 14.8 Å². The highest BCUT2D eigenvalue weighted by molar-refractivity contribution is 5.85. The number of hydrogen-bond acceptors (Lipinski definition) is 4. The van der Waals surface area contributed by atoms with Crippen LogP contribution in [0.4, 0.5) is 11.5 Å². The van der Waals surface area contributed by atoms with Gasteiger partial charge in [-0.15, -0.1) is 0 Å². The van der Waals surface area contributed by atoms with E-state index in [0.29, 0.717) is 5.82 Å². The predicted octanol–water partition coefficient (Wildman–Crippen LogP) is 2.33. The fourth-order valence-corrected chi connectivity index (χ4v) is 1.66. The Balaban J connectivity index is 2.31. The van der Waals surface area contributed by atoms with Crippen LogP contribution >= 0.6 is 0 Å². The Bertz CT molecular complexity index is 526. The predicted molar refractivity (Wildman–Crippen MR) is 68.1 cm³/mol. The maximum absolute atomic E-state index is 10.7. The van der Waals surface area contributed by atoms with E-state index in [2.05, 4.69) is 9.97 Å². The van der Waals surface area contributed by atoms with E-state index < -0.39 is 5.97 Å². The lowest BCUT2D eigenvalue weighted by atomic mass is 10.3. The molecular weight excluding hydrogens is 230 g/mol. The fraction of sp³-hybridized carbons (Fsp3) is 0.154. The van der Waals surface area contributed by atoms with Gasteiger partial charge in [-0.2, -0.15) is 0 Å². The molecule has 1 heterocycles. The van der Waals surface area contributed by atoms with Gasteiger partial charge in [0, 0.05) is 12.2 Å². The molecule has 2 rings (SSSR count). The number of para-hydroxylation sites is 1. The van der Waals surface area contributed by atoms with Crippen molar-refractivity contribution in [2.45, 2.75) is 6.92 Å². The van der Waals surface area contributed by atoms with Crippen molar-refractivity contribution in [2.24, 2.45) is 0 Å². The molecule has 0 amide bonds. The Labute approximate surface area is 105 Å². The van der Waals surface area contributed by atoms with Gasteiger partial charge in [0.25, 0.3) is 0 Å². The van der Waals surface area contributed by atoms with Crippen LogP contribution in [0, 0.1) is 0 Å². The lowest BCUT2D eigenvalue weighted by Gasteiger charge is -2.21. The zero-order valence-electron chi connectivity index (χ0n) is 9.95. The molecule has 5 heteroatoms. The zero-order chi connectivity index (χ0) is 13.0. The van der Waals surface area contributed by atoms with Crippen molar-refractivity contribution >= 4 is 17.5 Å². The number of anilines is 2. The summed E-state index contributed by atoms with van der Waals surface area (Å²) < 4.78 is 0. The van der Waals surface area contributed by atoms with Gasteiger partial charge in [-0.05, 0) is 19.1 Å². The number of carbonyl (C=O) groups is 1. The smallest absolute Gasteiger partial charge is 0.356 e. The number of rotatable bonds is 4. The van der Waals surface area contributed by atoms with Gasteiger partial charge < -0.3 is 10.0 Å². The van der Waals surface area contributed by atoms with Crippen molar-refractivity contribution in [3.63, 3.8) is 0 Å². The van der Waals surface area contributed by atoms with Crippen molar-refractivity contribution < 1.29 is 9.90 Å². The van der Waals surface area contributed by atoms with Crippen LogP contribution in [-0.2, 0) is 0 Å². The van der Waals surface area contributed by atoms with Crippen LogP contribution in [0.15, 0.2) is 42.7 Å². The molecule has 0 saturated carbocycles. The van der Waals surface area contributed by atoms with Crippen LogP contribution in [0.3, 0.4) is 0 Å². The Morgan fingerprint density at radius 1 is 1.22 bits per heavy atom. The van der Waals surface area contributed by atoms with E-state index in [1.54, 1.807) is 0 Å². The monoisotopic (exact) mass is 243 g/mol. The quantitative estimate of drug-likeness (QED) is 0.892. The normalized spacial score (nSPS) is 10.1. The molecule has 0 aliphatic rings. The van der Waals surface area contributed by atoms with Gasteiger partial charge in [-0.3, -0.25) is 0 Å². The molecule has 5 nitrogen and oxygen atoms in total. The van der Waals surface area contributed by atoms with E-state index in [9.17, 15) is 4.79 Å². The van der Waals surface area contributed by atoms with Crippen LogP contribution in [0.2, 0.25) is 0 Å². The van der Waals surface area contributed by atoms with Crippen LogP contribution in [0.5, 0.6) is 0 Å². The van der Waals surface area contributed by atoms with Gasteiger partial charge in [0.15, 0.2) is 11.5 Å². The Hall–Kier alpha value is -2.43. The molecule has 2 aromatic rings. The lowest BCUT2D eigenvalue weighted by molar-refractivity contribution is 0.0690. The third-order valence-corrected chi connectivity index (χ3v) is 2.52. The third kappa shape index (κ3) is 2.45. The van der Waals surface area contributed by atoms with E-state index in [4.69, 9.17) is 5.11 Å². The SMILES string of the molecule is CCN(c1ccccc1)c1cnc(C(=O)O)cn1. The summed E-state index contributed by atoms with van der Waals surface area (Å²) in [5.74, 6) is -0.439. The molecule has 0 spiro atoms. The van der Waals surface area contributed by atoms with Gasteiger partial charge in [0.05, 0.1) is 12.4 Å². The minimum Gasteiger partial charge on any atom is -0.476 e. The minimum atomic E-state index is -1.07. The van der Waals surface area contributed by atoms with E-state index in [0.717, 1.165) is 12.2 Å². The molecule has 0 radical (unpaired) electrons. The molecule has 1 aromatic carbocycles. The van der Waals surface area contributed by atoms with Crippen molar-refractivity contribution in [1.82, 2.24) is 9.97 Å². The van der Waals surface area contributed by atoms with E-state index in [-0.39, 0.29) is 5.69 Å². The fourth-order valence-electron chi connectivity index (χ4n) is 1.66. The number of nitrogens with zero attached hydrogens (tertiary/aromatic N) is 3. The summed E-state index contributed by atoms with van der Waals surface area (Å²) in [6.07, 6.45) is 2.74. The van der Waals surface area contributed by atoms with Crippen molar-refractivity contribution in [1.29, 1.82) is 0 Å². The molecule has 0 fully saturated rings. The Morgan fingerprint density at radius 2 is 1.94 bits per heavy atom. The molecule has 0 atom stereocenters. The van der Waals surface area contributed by atoms with E-state index in [1.807, 2.05) is 42.2 Å². The summed E-state index contributed by atoms with van der Waals surface area (Å²) >= 11 is 0. The molecule has 0 aliphatic heterocycles. The average Bonchev–Trinajstić information content (AvgIpc) is 2.41. The van der Waals surface area contributed by atoms with Crippen molar-refractivity contribution in [3.8, 4) is 0 Å². The number of aromatic carboxylic acids is 1. The second-order valence-electron chi connectivity index (χ2n) is 3.64. The van der Waals surface area contributed by atoms with Crippen LogP contribution in [0.1, 0.15) is 17.4 Å². The van der Waals surface area contributed by atoms with Crippen LogP contribution < -0.4 is 4.90 Å². The number of aromatic nitrogens is 2. The maximum atomic E-state index is 10.7. The van der Waals surface area contributed by atoms with E-state index >= 15 is 0 Å². The molecule has 92 valence electrons. The molecule has 1 aromatic heterocycles. The molecule has 18 heavy (non-hydrogen) atoms. The van der Waals surface area contributed by atoms with Crippen LogP contribution in [0.25, 0.3) is 0 Å². The second kappa shape index (κ2) is 5.27. The number of benzene rings is 1. The highest BCUT2D eigenvalue weighted by Gasteiger charge is 2.10. The number of hydrogen-bond donors (Lipinski definition) is 1.